The monoisotopic (exact) mass is 210 g/mol. The standard InChI is InChI=1S/C10H14N2OS/c1-3-7(2)4-9(13)8-6-14-10(5-11)12-8/h6H,2-5,11H2,1H3. The Morgan fingerprint density at radius 3 is 2.93 bits per heavy atom. The molecule has 76 valence electrons. The van der Waals surface area contributed by atoms with E-state index >= 15 is 0 Å². The summed E-state index contributed by atoms with van der Waals surface area (Å²) in [4.78, 5) is 15.7. The van der Waals surface area contributed by atoms with E-state index in [1.54, 1.807) is 5.38 Å². The minimum Gasteiger partial charge on any atom is -0.325 e. The van der Waals surface area contributed by atoms with Crippen molar-refractivity contribution in [3.63, 3.8) is 0 Å². The molecule has 0 unspecified atom stereocenters. The molecule has 3 nitrogen and oxygen atoms in total. The summed E-state index contributed by atoms with van der Waals surface area (Å²) in [6.07, 6.45) is 1.23. The SMILES string of the molecule is C=C(CC)CC(=O)c1csc(CN)n1. The van der Waals surface area contributed by atoms with Gasteiger partial charge >= 0.3 is 0 Å². The van der Waals surface area contributed by atoms with Crippen LogP contribution in [0.3, 0.4) is 0 Å². The van der Waals surface area contributed by atoms with E-state index < -0.39 is 0 Å². The predicted molar refractivity (Wildman–Crippen MR) is 58.4 cm³/mol. The number of allylic oxidation sites excluding steroid dienone is 1. The van der Waals surface area contributed by atoms with Crippen LogP contribution in [0.25, 0.3) is 0 Å². The summed E-state index contributed by atoms with van der Waals surface area (Å²) in [6, 6.07) is 0. The molecule has 0 aromatic carbocycles. The van der Waals surface area contributed by atoms with E-state index in [1.165, 1.54) is 11.3 Å². The van der Waals surface area contributed by atoms with Crippen LogP contribution in [0.5, 0.6) is 0 Å². The molecule has 0 saturated carbocycles. The van der Waals surface area contributed by atoms with E-state index in [-0.39, 0.29) is 5.78 Å². The zero-order chi connectivity index (χ0) is 10.6. The Morgan fingerprint density at radius 2 is 2.43 bits per heavy atom. The summed E-state index contributed by atoms with van der Waals surface area (Å²) in [5.74, 6) is 0.0350. The van der Waals surface area contributed by atoms with Crippen molar-refractivity contribution in [1.82, 2.24) is 4.98 Å². The van der Waals surface area contributed by atoms with Gasteiger partial charge in [0, 0.05) is 18.3 Å². The number of aromatic nitrogens is 1. The Labute approximate surface area is 87.7 Å². The van der Waals surface area contributed by atoms with Crippen molar-refractivity contribution in [1.29, 1.82) is 0 Å². The third kappa shape index (κ3) is 2.75. The van der Waals surface area contributed by atoms with Crippen molar-refractivity contribution < 1.29 is 4.79 Å². The van der Waals surface area contributed by atoms with Gasteiger partial charge in [-0.05, 0) is 6.42 Å². The number of hydrogen-bond donors (Lipinski definition) is 1. The van der Waals surface area contributed by atoms with Crippen LogP contribution in [0.15, 0.2) is 17.5 Å². The van der Waals surface area contributed by atoms with Crippen molar-refractivity contribution in [3.8, 4) is 0 Å². The average Bonchev–Trinajstić information content (AvgIpc) is 2.65. The summed E-state index contributed by atoms with van der Waals surface area (Å²) >= 11 is 1.43. The van der Waals surface area contributed by atoms with Gasteiger partial charge in [-0.3, -0.25) is 4.79 Å². The average molecular weight is 210 g/mol. The number of nitrogens with zero attached hydrogens (tertiary/aromatic N) is 1. The number of carbonyl (C=O) groups excluding carboxylic acids is 1. The van der Waals surface area contributed by atoms with Gasteiger partial charge in [0.1, 0.15) is 10.7 Å². The third-order valence-corrected chi connectivity index (χ3v) is 2.79. The second-order valence-corrected chi connectivity index (χ2v) is 3.98. The molecule has 0 saturated heterocycles. The minimum atomic E-state index is 0.0350. The quantitative estimate of drug-likeness (QED) is 0.598. The lowest BCUT2D eigenvalue weighted by Gasteiger charge is -1.98. The maximum absolute atomic E-state index is 11.6. The summed E-state index contributed by atoms with van der Waals surface area (Å²) in [5, 5.41) is 2.56. The smallest absolute Gasteiger partial charge is 0.186 e. The largest absolute Gasteiger partial charge is 0.325 e. The van der Waals surface area contributed by atoms with Crippen molar-refractivity contribution >= 4 is 17.1 Å². The molecule has 1 aromatic heterocycles. The first-order valence-corrected chi connectivity index (χ1v) is 5.39. The molecule has 0 aliphatic heterocycles. The Kier molecular flexibility index (Phi) is 3.98. The fraction of sp³-hybridized carbons (Fsp3) is 0.400. The van der Waals surface area contributed by atoms with E-state index in [4.69, 9.17) is 5.73 Å². The van der Waals surface area contributed by atoms with Gasteiger partial charge in [0.05, 0.1) is 0 Å². The highest BCUT2D eigenvalue weighted by Gasteiger charge is 2.10. The molecule has 0 spiro atoms. The summed E-state index contributed by atoms with van der Waals surface area (Å²) in [7, 11) is 0. The number of carbonyl (C=O) groups is 1. The molecular formula is C10H14N2OS. The van der Waals surface area contributed by atoms with Crippen LogP contribution < -0.4 is 5.73 Å². The van der Waals surface area contributed by atoms with Crippen molar-refractivity contribution in [2.45, 2.75) is 26.3 Å². The molecular weight excluding hydrogens is 196 g/mol. The van der Waals surface area contributed by atoms with Crippen molar-refractivity contribution in [3.05, 3.63) is 28.2 Å². The van der Waals surface area contributed by atoms with Gasteiger partial charge in [0.2, 0.25) is 0 Å². The van der Waals surface area contributed by atoms with Gasteiger partial charge < -0.3 is 5.73 Å². The summed E-state index contributed by atoms with van der Waals surface area (Å²) in [6.45, 7) is 6.18. The van der Waals surface area contributed by atoms with Crippen LogP contribution in [-0.2, 0) is 6.54 Å². The first-order chi connectivity index (χ1) is 6.67. The Morgan fingerprint density at radius 1 is 1.71 bits per heavy atom. The second kappa shape index (κ2) is 5.02. The van der Waals surface area contributed by atoms with E-state index in [1.807, 2.05) is 6.92 Å². The van der Waals surface area contributed by atoms with Gasteiger partial charge in [-0.25, -0.2) is 4.98 Å². The Hall–Kier alpha value is -1.00. The maximum atomic E-state index is 11.6. The summed E-state index contributed by atoms with van der Waals surface area (Å²) < 4.78 is 0. The minimum absolute atomic E-state index is 0.0350. The number of nitrogens with two attached hydrogens (primary N) is 1. The molecule has 0 fully saturated rings. The Bertz CT molecular complexity index is 344. The van der Waals surface area contributed by atoms with Gasteiger partial charge in [-0.1, -0.05) is 19.1 Å². The third-order valence-electron chi connectivity index (χ3n) is 1.92. The topological polar surface area (TPSA) is 56.0 Å². The van der Waals surface area contributed by atoms with Crippen LogP contribution in [0, 0.1) is 0 Å². The first kappa shape index (κ1) is 11.1. The van der Waals surface area contributed by atoms with Crippen molar-refractivity contribution in [2.75, 3.05) is 0 Å². The molecule has 4 heteroatoms. The normalized spacial score (nSPS) is 10.1. The van der Waals surface area contributed by atoms with E-state index in [2.05, 4.69) is 11.6 Å². The molecule has 0 amide bonds. The van der Waals surface area contributed by atoms with Gasteiger partial charge in [0.25, 0.3) is 0 Å². The molecule has 0 aliphatic carbocycles. The lowest BCUT2D eigenvalue weighted by Crippen LogP contribution is -2.02. The number of thiazole rings is 1. The molecule has 14 heavy (non-hydrogen) atoms. The predicted octanol–water partition coefficient (Wildman–Crippen LogP) is 2.14. The maximum Gasteiger partial charge on any atom is 0.186 e. The van der Waals surface area contributed by atoms with Crippen LogP contribution in [0.2, 0.25) is 0 Å². The van der Waals surface area contributed by atoms with Crippen LogP contribution in [0.4, 0.5) is 0 Å². The highest BCUT2D eigenvalue weighted by molar-refractivity contribution is 7.09. The highest BCUT2D eigenvalue weighted by Crippen LogP contribution is 2.13. The number of Topliss-reactive ketones (excluding diaryl/α,β-unsaturated/α-hetero) is 1. The molecule has 1 aromatic rings. The lowest BCUT2D eigenvalue weighted by molar-refractivity contribution is 0.0988. The van der Waals surface area contributed by atoms with Gasteiger partial charge in [-0.2, -0.15) is 0 Å². The van der Waals surface area contributed by atoms with Gasteiger partial charge in [0.15, 0.2) is 5.78 Å². The van der Waals surface area contributed by atoms with E-state index in [0.717, 1.165) is 17.0 Å². The van der Waals surface area contributed by atoms with Gasteiger partial charge in [-0.15, -0.1) is 11.3 Å². The fourth-order valence-electron chi connectivity index (χ4n) is 0.975. The van der Waals surface area contributed by atoms with E-state index in [9.17, 15) is 4.79 Å². The fourth-order valence-corrected chi connectivity index (χ4v) is 1.65. The Balaban J connectivity index is 2.65. The zero-order valence-corrected chi connectivity index (χ0v) is 9.06. The lowest BCUT2D eigenvalue weighted by atomic mass is 10.1. The van der Waals surface area contributed by atoms with E-state index in [0.29, 0.717) is 18.7 Å². The van der Waals surface area contributed by atoms with Crippen LogP contribution in [0.1, 0.15) is 35.3 Å². The van der Waals surface area contributed by atoms with Crippen LogP contribution in [-0.4, -0.2) is 10.8 Å². The molecule has 0 aliphatic rings. The molecule has 0 radical (unpaired) electrons. The number of rotatable bonds is 5. The summed E-state index contributed by atoms with van der Waals surface area (Å²) in [5.41, 5.74) is 6.87. The number of ketones is 1. The molecule has 2 N–H and O–H groups in total. The number of hydrogen-bond acceptors (Lipinski definition) is 4. The molecule has 1 heterocycles. The highest BCUT2D eigenvalue weighted by atomic mass is 32.1. The molecule has 0 atom stereocenters. The first-order valence-electron chi connectivity index (χ1n) is 4.51. The molecule has 1 rings (SSSR count). The van der Waals surface area contributed by atoms with Crippen molar-refractivity contribution in [2.24, 2.45) is 5.73 Å². The molecule has 0 bridgehead atoms. The van der Waals surface area contributed by atoms with Crippen LogP contribution >= 0.6 is 11.3 Å². The second-order valence-electron chi connectivity index (χ2n) is 3.03. The zero-order valence-electron chi connectivity index (χ0n) is 8.25.